The van der Waals surface area contributed by atoms with E-state index >= 15 is 0 Å². The minimum atomic E-state index is -2.70. The molecule has 0 saturated carbocycles. The van der Waals surface area contributed by atoms with Gasteiger partial charge >= 0.3 is 0 Å². The molecule has 0 aliphatic rings. The van der Waals surface area contributed by atoms with Crippen molar-refractivity contribution in [2.45, 2.75) is 18.9 Å². The number of rotatable bonds is 10. The van der Waals surface area contributed by atoms with Crippen molar-refractivity contribution in [1.29, 1.82) is 0 Å². The maximum absolute atomic E-state index is 11.0. The molecule has 0 amide bonds. The largest absolute Gasteiger partial charge is 0.351 e. The van der Waals surface area contributed by atoms with Crippen molar-refractivity contribution in [3.8, 4) is 9.88 Å². The van der Waals surface area contributed by atoms with Crippen LogP contribution in [-0.2, 0) is 23.7 Å². The summed E-state index contributed by atoms with van der Waals surface area (Å²) in [7, 11) is -2.70. The predicted octanol–water partition coefficient (Wildman–Crippen LogP) is 6.80. The maximum Gasteiger partial charge on any atom is 0.222 e. The highest BCUT2D eigenvalue weighted by atomic mass is 32.2. The first-order valence-corrected chi connectivity index (χ1v) is 15.9. The Hall–Kier alpha value is -3.64. The number of nitrogens with zero attached hydrogens (tertiary/aromatic N) is 3. The number of thiophene rings is 1. The third kappa shape index (κ3) is 6.34. The van der Waals surface area contributed by atoms with E-state index in [1.54, 1.807) is 46.1 Å². The van der Waals surface area contributed by atoms with E-state index < -0.39 is 10.9 Å². The van der Waals surface area contributed by atoms with E-state index in [0.29, 0.717) is 18.5 Å². The Bertz CT molecular complexity index is 1770. The number of hydrogen-bond donors (Lipinski definition) is 3. The molecule has 0 radical (unpaired) electrons. The summed E-state index contributed by atoms with van der Waals surface area (Å²) in [6.07, 6.45) is 1.36. The van der Waals surface area contributed by atoms with Gasteiger partial charge < -0.3 is 5.32 Å². The van der Waals surface area contributed by atoms with E-state index in [4.69, 9.17) is 4.98 Å². The molecule has 6 rings (SSSR count). The van der Waals surface area contributed by atoms with Crippen molar-refractivity contribution < 1.29 is 8.42 Å². The quantitative estimate of drug-likeness (QED) is 0.152. The second kappa shape index (κ2) is 11.6. The third-order valence-electron chi connectivity index (χ3n) is 6.16. The molecular formula is C28H23N5O2S4. The van der Waals surface area contributed by atoms with Crippen LogP contribution in [-0.4, -0.2) is 23.6 Å². The summed E-state index contributed by atoms with van der Waals surface area (Å²) in [5.74, 6) is 0. The molecule has 0 bridgehead atoms. The normalized spacial score (nSPS) is 12.1. The van der Waals surface area contributed by atoms with Crippen molar-refractivity contribution in [3.63, 3.8) is 0 Å². The number of hydrogen-bond acceptors (Lipinski definition) is 9. The number of aromatic nitrogens is 3. The first kappa shape index (κ1) is 25.6. The van der Waals surface area contributed by atoms with Crippen molar-refractivity contribution in [2.24, 2.45) is 0 Å². The van der Waals surface area contributed by atoms with E-state index in [2.05, 4.69) is 73.5 Å². The fourth-order valence-electron chi connectivity index (χ4n) is 4.30. The van der Waals surface area contributed by atoms with Crippen LogP contribution in [0.25, 0.3) is 20.7 Å². The van der Waals surface area contributed by atoms with Crippen molar-refractivity contribution in [1.82, 2.24) is 15.2 Å². The van der Waals surface area contributed by atoms with Gasteiger partial charge in [-0.25, -0.2) is 13.4 Å². The Balaban J connectivity index is 1.22. The average molecular weight is 590 g/mol. The Morgan fingerprint density at radius 1 is 0.846 bits per heavy atom. The van der Waals surface area contributed by atoms with E-state index in [-0.39, 0.29) is 6.04 Å². The summed E-state index contributed by atoms with van der Waals surface area (Å²) in [5, 5.41) is 21.7. The van der Waals surface area contributed by atoms with E-state index in [9.17, 15) is 8.42 Å². The van der Waals surface area contributed by atoms with Crippen LogP contribution in [0.15, 0.2) is 89.6 Å². The van der Waals surface area contributed by atoms with Crippen molar-refractivity contribution in [3.05, 3.63) is 111 Å². The van der Waals surface area contributed by atoms with E-state index in [1.807, 2.05) is 24.3 Å². The first-order chi connectivity index (χ1) is 19.1. The van der Waals surface area contributed by atoms with Gasteiger partial charge in [0.15, 0.2) is 0 Å². The van der Waals surface area contributed by atoms with Gasteiger partial charge in [-0.15, -0.1) is 32.9 Å². The highest BCUT2D eigenvalue weighted by Crippen LogP contribution is 2.33. The number of thiol groups is 1. The molecule has 0 saturated heterocycles. The highest BCUT2D eigenvalue weighted by Gasteiger charge is 2.19. The number of fused-ring (bicyclic) bond motifs is 1. The molecule has 1 atom stereocenters. The molecule has 6 aromatic rings. The van der Waals surface area contributed by atoms with E-state index in [1.165, 1.54) is 16.3 Å². The molecule has 0 aliphatic carbocycles. The molecular weight excluding hydrogens is 567 g/mol. The monoisotopic (exact) mass is 589 g/mol. The molecule has 3 aromatic carbocycles. The summed E-state index contributed by atoms with van der Waals surface area (Å²) in [6, 6.07) is 26.2. The van der Waals surface area contributed by atoms with Crippen LogP contribution < -0.4 is 10.0 Å². The Morgan fingerprint density at radius 2 is 1.67 bits per heavy atom. The van der Waals surface area contributed by atoms with Gasteiger partial charge in [-0.3, -0.25) is 4.72 Å². The molecule has 7 nitrogen and oxygen atoms in total. The molecule has 3 aromatic heterocycles. The smallest absolute Gasteiger partial charge is 0.222 e. The van der Waals surface area contributed by atoms with Crippen LogP contribution in [0.5, 0.6) is 0 Å². The second-order valence-electron chi connectivity index (χ2n) is 8.88. The Labute approximate surface area is 239 Å². The molecule has 3 heterocycles. The van der Waals surface area contributed by atoms with E-state index in [0.717, 1.165) is 31.3 Å². The van der Waals surface area contributed by atoms with Gasteiger partial charge in [0.1, 0.15) is 10.0 Å². The topological polar surface area (TPSA) is 96.9 Å². The van der Waals surface area contributed by atoms with Gasteiger partial charge in [-0.1, -0.05) is 72.0 Å². The van der Waals surface area contributed by atoms with Crippen molar-refractivity contribution >= 4 is 66.5 Å². The highest BCUT2D eigenvalue weighted by molar-refractivity contribution is 7.73. The molecule has 0 fully saturated rings. The molecule has 2 N–H and O–H groups in total. The molecule has 0 spiro atoms. The van der Waals surface area contributed by atoms with Gasteiger partial charge in [-0.2, -0.15) is 0 Å². The third-order valence-corrected chi connectivity index (χ3v) is 9.35. The summed E-state index contributed by atoms with van der Waals surface area (Å²) in [4.78, 5) is 6.08. The van der Waals surface area contributed by atoms with Crippen LogP contribution in [0.1, 0.15) is 27.9 Å². The standard InChI is InChI=1S/C28H23N5O2S4/c34-39(35)33-22-11-8-18(9-12-22)15-23(24-17-37-27(29-24)25-6-3-13-36-25)30-28-32-31-26(38-28)16-19-7-10-20-4-1-2-5-21(20)14-19/h1-14,17,23,39H,15-16H2,(H,30,32)(H,33,34,35)/t23-/m0/s1. The summed E-state index contributed by atoms with van der Waals surface area (Å²) in [5.41, 5.74) is 3.71. The molecule has 11 heteroatoms. The van der Waals surface area contributed by atoms with Crippen LogP contribution >= 0.6 is 34.0 Å². The van der Waals surface area contributed by atoms with Crippen LogP contribution in [0.4, 0.5) is 10.8 Å². The molecule has 39 heavy (non-hydrogen) atoms. The Morgan fingerprint density at radius 3 is 2.46 bits per heavy atom. The molecule has 196 valence electrons. The minimum Gasteiger partial charge on any atom is -0.351 e. The summed E-state index contributed by atoms with van der Waals surface area (Å²) < 4.78 is 24.4. The zero-order valence-electron chi connectivity index (χ0n) is 20.5. The Kier molecular flexibility index (Phi) is 7.64. The van der Waals surface area contributed by atoms with Gasteiger partial charge in [0, 0.05) is 17.5 Å². The van der Waals surface area contributed by atoms with Crippen LogP contribution in [0, 0.1) is 0 Å². The number of thiazole rings is 1. The lowest BCUT2D eigenvalue weighted by atomic mass is 10.0. The molecule has 0 aliphatic heterocycles. The van der Waals surface area contributed by atoms with Crippen LogP contribution in [0.2, 0.25) is 0 Å². The first-order valence-electron chi connectivity index (χ1n) is 12.1. The van der Waals surface area contributed by atoms with Gasteiger partial charge in [0.2, 0.25) is 16.0 Å². The zero-order chi connectivity index (χ0) is 26.6. The SMILES string of the molecule is O=[SH](=O)Nc1ccc(C[C@H](Nc2nnc(Cc3ccc4ccccc4c3)s2)c2csc(-c3cccs3)n2)cc1. The maximum atomic E-state index is 11.0. The number of benzene rings is 3. The fourth-order valence-corrected chi connectivity index (χ4v) is 7.18. The summed E-state index contributed by atoms with van der Waals surface area (Å²) >= 11 is 4.84. The lowest BCUT2D eigenvalue weighted by molar-refractivity contribution is 0.619. The lowest BCUT2D eigenvalue weighted by Gasteiger charge is -2.16. The van der Waals surface area contributed by atoms with Gasteiger partial charge in [0.05, 0.1) is 16.6 Å². The fraction of sp³-hybridized carbons (Fsp3) is 0.107. The van der Waals surface area contributed by atoms with Gasteiger partial charge in [0.25, 0.3) is 0 Å². The van der Waals surface area contributed by atoms with Crippen molar-refractivity contribution in [2.75, 3.05) is 10.0 Å². The van der Waals surface area contributed by atoms with Crippen LogP contribution in [0.3, 0.4) is 0 Å². The molecule has 0 unspecified atom stereocenters. The lowest BCUT2D eigenvalue weighted by Crippen LogP contribution is -2.14. The predicted molar refractivity (Wildman–Crippen MR) is 163 cm³/mol. The summed E-state index contributed by atoms with van der Waals surface area (Å²) in [6.45, 7) is 0. The average Bonchev–Trinajstić information content (AvgIpc) is 3.71. The second-order valence-corrected chi connectivity index (χ2v) is 12.5. The number of anilines is 2. The zero-order valence-corrected chi connectivity index (χ0v) is 23.8. The van der Waals surface area contributed by atoms with Gasteiger partial charge in [-0.05, 0) is 51.9 Å². The number of nitrogens with one attached hydrogen (secondary N) is 2. The minimum absolute atomic E-state index is 0.133.